The molecule has 3 aromatic rings. The van der Waals surface area contributed by atoms with Crippen molar-refractivity contribution in [1.82, 2.24) is 15.5 Å². The molecule has 0 fully saturated rings. The maximum Gasteiger partial charge on any atom is 0.339 e. The fraction of sp³-hybridized carbons (Fsp3) is 0.143. The normalized spacial score (nSPS) is 10.2. The number of nitrogens with zero attached hydrogens (tertiary/aromatic N) is 2. The van der Waals surface area contributed by atoms with Gasteiger partial charge in [0.15, 0.2) is 11.5 Å². The van der Waals surface area contributed by atoms with E-state index in [9.17, 15) is 9.59 Å². The lowest BCUT2D eigenvalue weighted by Crippen LogP contribution is -2.26. The molecule has 0 aliphatic carbocycles. The number of aromatic nitrogens is 2. The van der Waals surface area contributed by atoms with Crippen LogP contribution in [0.25, 0.3) is 0 Å². The maximum absolute atomic E-state index is 12.2. The van der Waals surface area contributed by atoms with Gasteiger partial charge in [-0.15, -0.1) is 10.2 Å². The van der Waals surface area contributed by atoms with Gasteiger partial charge in [0.1, 0.15) is 0 Å². The lowest BCUT2D eigenvalue weighted by Gasteiger charge is -2.10. The number of amides is 1. The number of hydrogen-bond donors (Lipinski definition) is 2. The minimum absolute atomic E-state index is 0.222. The number of benzene rings is 2. The highest BCUT2D eigenvalue weighted by Gasteiger charge is 2.12. The Morgan fingerprint density at radius 3 is 2.39 bits per heavy atom. The first-order chi connectivity index (χ1) is 13.7. The molecule has 0 saturated heterocycles. The van der Waals surface area contributed by atoms with Crippen molar-refractivity contribution in [3.05, 3.63) is 83.6 Å². The number of methoxy groups -OCH3 is 1. The molecule has 2 N–H and O–H groups in total. The largest absolute Gasteiger partial charge is 0.465 e. The van der Waals surface area contributed by atoms with Gasteiger partial charge in [-0.25, -0.2) is 4.79 Å². The minimum atomic E-state index is -0.453. The molecular weight excluding hydrogens is 356 g/mol. The van der Waals surface area contributed by atoms with Crippen LogP contribution in [0.3, 0.4) is 0 Å². The zero-order valence-electron chi connectivity index (χ0n) is 15.4. The molecule has 1 heterocycles. The molecule has 0 saturated carbocycles. The van der Waals surface area contributed by atoms with Crippen LogP contribution >= 0.6 is 0 Å². The number of hydrogen-bond acceptors (Lipinski definition) is 6. The van der Waals surface area contributed by atoms with Crippen molar-refractivity contribution in [2.24, 2.45) is 0 Å². The zero-order chi connectivity index (χ0) is 19.8. The first-order valence-electron chi connectivity index (χ1n) is 8.77. The third-order valence-electron chi connectivity index (χ3n) is 4.03. The number of esters is 1. The van der Waals surface area contributed by atoms with Crippen molar-refractivity contribution in [1.29, 1.82) is 0 Å². The predicted octanol–water partition coefficient (Wildman–Crippen LogP) is 2.98. The van der Waals surface area contributed by atoms with Crippen LogP contribution in [0, 0.1) is 0 Å². The van der Waals surface area contributed by atoms with Gasteiger partial charge in [0, 0.05) is 6.54 Å². The smallest absolute Gasteiger partial charge is 0.339 e. The van der Waals surface area contributed by atoms with Crippen LogP contribution in [0.2, 0.25) is 0 Å². The van der Waals surface area contributed by atoms with E-state index in [4.69, 9.17) is 4.74 Å². The first kappa shape index (κ1) is 19.0. The quantitative estimate of drug-likeness (QED) is 0.616. The van der Waals surface area contributed by atoms with Gasteiger partial charge in [-0.3, -0.25) is 4.79 Å². The number of carbonyl (C=O) groups is 2. The molecule has 0 radical (unpaired) electrons. The van der Waals surface area contributed by atoms with Crippen LogP contribution in [0.5, 0.6) is 0 Å². The monoisotopic (exact) mass is 376 g/mol. The standard InChI is InChI=1S/C21H20N4O3/c1-28-21(27)16-9-5-6-10-17(16)23-19-12-11-18(24-25-19)20(26)22-14-13-15-7-3-2-4-8-15/h2-12H,13-14H2,1H3,(H,22,26)(H,23,25). The Kier molecular flexibility index (Phi) is 6.30. The Hall–Kier alpha value is -3.74. The van der Waals surface area contributed by atoms with Gasteiger partial charge in [-0.2, -0.15) is 0 Å². The lowest BCUT2D eigenvalue weighted by atomic mass is 10.1. The Morgan fingerprint density at radius 2 is 1.68 bits per heavy atom. The van der Waals surface area contributed by atoms with Gasteiger partial charge in [-0.05, 0) is 36.2 Å². The second kappa shape index (κ2) is 9.27. The average Bonchev–Trinajstić information content (AvgIpc) is 2.75. The van der Waals surface area contributed by atoms with Gasteiger partial charge in [0.2, 0.25) is 0 Å². The Labute approximate surface area is 162 Å². The summed E-state index contributed by atoms with van der Waals surface area (Å²) in [6, 6.07) is 20.0. The summed E-state index contributed by atoms with van der Waals surface area (Å²) < 4.78 is 4.77. The summed E-state index contributed by atoms with van der Waals surface area (Å²) in [7, 11) is 1.32. The molecule has 7 heteroatoms. The average molecular weight is 376 g/mol. The third-order valence-corrected chi connectivity index (χ3v) is 4.03. The van der Waals surface area contributed by atoms with Crippen molar-refractivity contribution >= 4 is 23.4 Å². The highest BCUT2D eigenvalue weighted by molar-refractivity contribution is 5.96. The van der Waals surface area contributed by atoms with E-state index in [1.165, 1.54) is 7.11 Å². The molecule has 2 aromatic carbocycles. The molecule has 7 nitrogen and oxygen atoms in total. The van der Waals surface area contributed by atoms with Crippen molar-refractivity contribution in [3.8, 4) is 0 Å². The van der Waals surface area contributed by atoms with Crippen molar-refractivity contribution in [2.45, 2.75) is 6.42 Å². The van der Waals surface area contributed by atoms with Gasteiger partial charge in [0.25, 0.3) is 5.91 Å². The second-order valence-electron chi connectivity index (χ2n) is 5.96. The maximum atomic E-state index is 12.2. The molecule has 142 valence electrons. The van der Waals surface area contributed by atoms with Crippen molar-refractivity contribution < 1.29 is 14.3 Å². The highest BCUT2D eigenvalue weighted by Crippen LogP contribution is 2.20. The molecule has 0 atom stereocenters. The number of anilines is 2. The van der Waals surface area contributed by atoms with Crippen LogP contribution in [-0.2, 0) is 11.2 Å². The number of rotatable bonds is 7. The Balaban J connectivity index is 1.59. The summed E-state index contributed by atoms with van der Waals surface area (Å²) in [6.45, 7) is 0.511. The molecule has 0 bridgehead atoms. The van der Waals surface area contributed by atoms with E-state index in [0.717, 1.165) is 12.0 Å². The number of para-hydroxylation sites is 1. The molecule has 0 aliphatic rings. The molecule has 0 unspecified atom stereocenters. The van der Waals surface area contributed by atoms with E-state index < -0.39 is 5.97 Å². The van der Waals surface area contributed by atoms with Crippen molar-refractivity contribution in [2.75, 3.05) is 19.0 Å². The molecule has 1 aromatic heterocycles. The number of carbonyl (C=O) groups excluding carboxylic acids is 2. The van der Waals surface area contributed by atoms with Crippen molar-refractivity contribution in [3.63, 3.8) is 0 Å². The van der Waals surface area contributed by atoms with Gasteiger partial charge < -0.3 is 15.4 Å². The third kappa shape index (κ3) is 4.91. The summed E-state index contributed by atoms with van der Waals surface area (Å²) in [5.41, 5.74) is 2.30. The van der Waals surface area contributed by atoms with Gasteiger partial charge >= 0.3 is 5.97 Å². The van der Waals surface area contributed by atoms with Crippen LogP contribution in [0.4, 0.5) is 11.5 Å². The predicted molar refractivity (Wildman–Crippen MR) is 106 cm³/mol. The van der Waals surface area contributed by atoms with Crippen LogP contribution < -0.4 is 10.6 Å². The lowest BCUT2D eigenvalue weighted by molar-refractivity contribution is 0.0601. The molecule has 0 aliphatic heterocycles. The van der Waals surface area contributed by atoms with E-state index in [1.54, 1.807) is 36.4 Å². The summed E-state index contributed by atoms with van der Waals surface area (Å²) in [6.07, 6.45) is 0.740. The van der Waals surface area contributed by atoms with Gasteiger partial charge in [0.05, 0.1) is 18.4 Å². The summed E-state index contributed by atoms with van der Waals surface area (Å²) in [4.78, 5) is 24.0. The van der Waals surface area contributed by atoms with Crippen LogP contribution in [-0.4, -0.2) is 35.7 Å². The summed E-state index contributed by atoms with van der Waals surface area (Å²) >= 11 is 0. The van der Waals surface area contributed by atoms with E-state index in [-0.39, 0.29) is 11.6 Å². The molecule has 0 spiro atoms. The summed E-state index contributed by atoms with van der Waals surface area (Å²) in [5, 5.41) is 13.8. The highest BCUT2D eigenvalue weighted by atomic mass is 16.5. The van der Waals surface area contributed by atoms with Crippen LogP contribution in [0.1, 0.15) is 26.4 Å². The minimum Gasteiger partial charge on any atom is -0.465 e. The van der Waals surface area contributed by atoms with Crippen LogP contribution in [0.15, 0.2) is 66.7 Å². The van der Waals surface area contributed by atoms with E-state index in [2.05, 4.69) is 20.8 Å². The van der Waals surface area contributed by atoms with Gasteiger partial charge in [-0.1, -0.05) is 42.5 Å². The zero-order valence-corrected chi connectivity index (χ0v) is 15.4. The van der Waals surface area contributed by atoms with E-state index >= 15 is 0 Å². The SMILES string of the molecule is COC(=O)c1ccccc1Nc1ccc(C(=O)NCCc2ccccc2)nn1. The topological polar surface area (TPSA) is 93.2 Å². The Bertz CT molecular complexity index is 943. The molecule has 3 rings (SSSR count). The number of ether oxygens (including phenoxy) is 1. The fourth-order valence-corrected chi connectivity index (χ4v) is 2.59. The first-order valence-corrected chi connectivity index (χ1v) is 8.77. The molecule has 1 amide bonds. The van der Waals surface area contributed by atoms with E-state index in [1.807, 2.05) is 30.3 Å². The molecular formula is C21H20N4O3. The number of nitrogens with one attached hydrogen (secondary N) is 2. The molecule has 28 heavy (non-hydrogen) atoms. The fourth-order valence-electron chi connectivity index (χ4n) is 2.59. The Morgan fingerprint density at radius 1 is 0.929 bits per heavy atom. The summed E-state index contributed by atoms with van der Waals surface area (Å²) in [5.74, 6) is -0.326. The van der Waals surface area contributed by atoms with E-state index in [0.29, 0.717) is 23.6 Å². The second-order valence-corrected chi connectivity index (χ2v) is 5.96.